The molecule has 1 fully saturated rings. The van der Waals surface area contributed by atoms with Gasteiger partial charge < -0.3 is 5.32 Å². The quantitative estimate of drug-likeness (QED) is 0.755. The Morgan fingerprint density at radius 3 is 2.38 bits per heavy atom. The van der Waals surface area contributed by atoms with E-state index in [1.807, 2.05) is 0 Å². The molecule has 1 aliphatic carbocycles. The molecule has 16 heavy (non-hydrogen) atoms. The maximum atomic E-state index is 3.84. The smallest absolute Gasteiger partial charge is 0.00955 e. The first-order chi connectivity index (χ1) is 7.30. The second-order valence-electron chi connectivity index (χ2n) is 7.19. The molecule has 1 aliphatic rings. The van der Waals surface area contributed by atoms with Crippen LogP contribution in [0, 0.1) is 17.3 Å². The van der Waals surface area contributed by atoms with Crippen LogP contribution < -0.4 is 5.32 Å². The highest BCUT2D eigenvalue weighted by Crippen LogP contribution is 2.38. The van der Waals surface area contributed by atoms with E-state index < -0.39 is 0 Å². The summed E-state index contributed by atoms with van der Waals surface area (Å²) < 4.78 is 0. The average Bonchev–Trinajstić information content (AvgIpc) is 2.07. The topological polar surface area (TPSA) is 12.0 Å². The molecule has 1 saturated carbocycles. The van der Waals surface area contributed by atoms with Crippen molar-refractivity contribution in [3.05, 3.63) is 0 Å². The highest BCUT2D eigenvalue weighted by Gasteiger charge is 2.32. The van der Waals surface area contributed by atoms with Gasteiger partial charge in [-0.1, -0.05) is 34.6 Å². The first-order valence-electron chi connectivity index (χ1n) is 7.06. The van der Waals surface area contributed by atoms with Gasteiger partial charge in [0.2, 0.25) is 0 Å². The van der Waals surface area contributed by atoms with Crippen molar-refractivity contribution < 1.29 is 0 Å². The monoisotopic (exact) mass is 225 g/mol. The summed E-state index contributed by atoms with van der Waals surface area (Å²) in [5.74, 6) is 1.64. The van der Waals surface area contributed by atoms with Crippen molar-refractivity contribution in [3.63, 3.8) is 0 Å². The molecule has 1 N–H and O–H groups in total. The minimum Gasteiger partial charge on any atom is -0.311 e. The summed E-state index contributed by atoms with van der Waals surface area (Å²) >= 11 is 0. The second-order valence-corrected chi connectivity index (χ2v) is 7.19. The van der Waals surface area contributed by atoms with Crippen LogP contribution in [0.5, 0.6) is 0 Å². The molecular weight excluding hydrogens is 194 g/mol. The van der Waals surface area contributed by atoms with Crippen LogP contribution in [0.15, 0.2) is 0 Å². The van der Waals surface area contributed by atoms with Crippen LogP contribution in [-0.4, -0.2) is 12.1 Å². The fraction of sp³-hybridized carbons (Fsp3) is 1.00. The molecule has 0 spiro atoms. The third kappa shape index (κ3) is 4.45. The average molecular weight is 225 g/mol. The van der Waals surface area contributed by atoms with Gasteiger partial charge in [-0.2, -0.15) is 0 Å². The lowest BCUT2D eigenvalue weighted by Crippen LogP contribution is -2.45. The predicted octanol–water partition coefficient (Wildman–Crippen LogP) is 4.23. The van der Waals surface area contributed by atoms with Crippen LogP contribution >= 0.6 is 0 Å². The standard InChI is InChI=1S/C15H31N/c1-11(2)9-13(4)16-14-7-8-15(5,6)10-12(14)3/h11-14,16H,7-10H2,1-6H3. The van der Waals surface area contributed by atoms with Gasteiger partial charge in [0.15, 0.2) is 0 Å². The Kier molecular flexibility index (Phi) is 4.85. The number of hydrogen-bond donors (Lipinski definition) is 1. The zero-order chi connectivity index (χ0) is 12.3. The minimum absolute atomic E-state index is 0.568. The molecule has 1 nitrogen and oxygen atoms in total. The Morgan fingerprint density at radius 2 is 1.88 bits per heavy atom. The van der Waals surface area contributed by atoms with E-state index in [0.29, 0.717) is 11.5 Å². The van der Waals surface area contributed by atoms with Gasteiger partial charge in [-0.25, -0.2) is 0 Å². The molecule has 1 heteroatoms. The van der Waals surface area contributed by atoms with Crippen LogP contribution in [0.25, 0.3) is 0 Å². The van der Waals surface area contributed by atoms with E-state index in [1.54, 1.807) is 0 Å². The van der Waals surface area contributed by atoms with Crippen LogP contribution in [0.3, 0.4) is 0 Å². The summed E-state index contributed by atoms with van der Waals surface area (Å²) in [6, 6.07) is 1.43. The Hall–Kier alpha value is -0.0400. The Morgan fingerprint density at radius 1 is 1.25 bits per heavy atom. The molecule has 0 saturated heterocycles. The summed E-state index contributed by atoms with van der Waals surface area (Å²) in [4.78, 5) is 0. The molecule has 96 valence electrons. The first-order valence-corrected chi connectivity index (χ1v) is 7.06. The van der Waals surface area contributed by atoms with Gasteiger partial charge in [0, 0.05) is 12.1 Å². The Balaban J connectivity index is 2.38. The van der Waals surface area contributed by atoms with Gasteiger partial charge in [-0.15, -0.1) is 0 Å². The van der Waals surface area contributed by atoms with Crippen LogP contribution in [0.2, 0.25) is 0 Å². The van der Waals surface area contributed by atoms with Gasteiger partial charge in [-0.3, -0.25) is 0 Å². The van der Waals surface area contributed by atoms with Crippen molar-refractivity contribution in [1.29, 1.82) is 0 Å². The van der Waals surface area contributed by atoms with Crippen molar-refractivity contribution in [1.82, 2.24) is 5.32 Å². The molecule has 0 bridgehead atoms. The van der Waals surface area contributed by atoms with Crippen molar-refractivity contribution in [2.45, 2.75) is 79.3 Å². The van der Waals surface area contributed by atoms with E-state index in [0.717, 1.165) is 17.9 Å². The lowest BCUT2D eigenvalue weighted by molar-refractivity contribution is 0.140. The third-order valence-corrected chi connectivity index (χ3v) is 4.02. The summed E-state index contributed by atoms with van der Waals surface area (Å²) in [5.41, 5.74) is 0.568. The van der Waals surface area contributed by atoms with Crippen molar-refractivity contribution in [2.24, 2.45) is 17.3 Å². The van der Waals surface area contributed by atoms with Crippen LogP contribution in [-0.2, 0) is 0 Å². The summed E-state index contributed by atoms with van der Waals surface area (Å²) in [6.45, 7) is 14.2. The van der Waals surface area contributed by atoms with E-state index in [2.05, 4.69) is 46.9 Å². The molecule has 1 rings (SSSR count). The van der Waals surface area contributed by atoms with Crippen LogP contribution in [0.1, 0.15) is 67.2 Å². The zero-order valence-electron chi connectivity index (χ0n) is 12.1. The van der Waals surface area contributed by atoms with Gasteiger partial charge in [0.1, 0.15) is 0 Å². The van der Waals surface area contributed by atoms with E-state index in [4.69, 9.17) is 0 Å². The predicted molar refractivity (Wildman–Crippen MR) is 72.6 cm³/mol. The molecule has 3 atom stereocenters. The maximum Gasteiger partial charge on any atom is 0.00955 e. The zero-order valence-corrected chi connectivity index (χ0v) is 12.1. The van der Waals surface area contributed by atoms with E-state index >= 15 is 0 Å². The minimum atomic E-state index is 0.568. The Bertz CT molecular complexity index is 207. The molecular formula is C15H31N. The second kappa shape index (κ2) is 5.53. The maximum absolute atomic E-state index is 3.84. The van der Waals surface area contributed by atoms with Crippen molar-refractivity contribution in [3.8, 4) is 0 Å². The molecule has 0 heterocycles. The first kappa shape index (κ1) is 14.0. The largest absolute Gasteiger partial charge is 0.311 e. The van der Waals surface area contributed by atoms with E-state index in [-0.39, 0.29) is 0 Å². The fourth-order valence-electron chi connectivity index (χ4n) is 3.33. The lowest BCUT2D eigenvalue weighted by atomic mass is 9.70. The summed E-state index contributed by atoms with van der Waals surface area (Å²) in [6.07, 6.45) is 5.41. The fourth-order valence-corrected chi connectivity index (χ4v) is 3.33. The molecule has 0 amide bonds. The molecule has 0 aliphatic heterocycles. The number of hydrogen-bond acceptors (Lipinski definition) is 1. The highest BCUT2D eigenvalue weighted by molar-refractivity contribution is 4.88. The molecule has 0 aromatic heterocycles. The summed E-state index contributed by atoms with van der Waals surface area (Å²) in [5, 5.41) is 3.84. The number of nitrogens with one attached hydrogen (secondary N) is 1. The van der Waals surface area contributed by atoms with Gasteiger partial charge in [-0.05, 0) is 49.9 Å². The van der Waals surface area contributed by atoms with E-state index in [9.17, 15) is 0 Å². The van der Waals surface area contributed by atoms with E-state index in [1.165, 1.54) is 25.7 Å². The molecule has 0 radical (unpaired) electrons. The highest BCUT2D eigenvalue weighted by atomic mass is 15.0. The van der Waals surface area contributed by atoms with Gasteiger partial charge >= 0.3 is 0 Å². The molecule has 0 aromatic rings. The SMILES string of the molecule is CC(C)CC(C)NC1CCC(C)(C)CC1C. The Labute approximate surface area is 102 Å². The summed E-state index contributed by atoms with van der Waals surface area (Å²) in [7, 11) is 0. The molecule has 0 aromatic carbocycles. The molecule has 3 unspecified atom stereocenters. The number of rotatable bonds is 4. The van der Waals surface area contributed by atoms with Gasteiger partial charge in [0.05, 0.1) is 0 Å². The van der Waals surface area contributed by atoms with Crippen molar-refractivity contribution in [2.75, 3.05) is 0 Å². The van der Waals surface area contributed by atoms with Crippen molar-refractivity contribution >= 4 is 0 Å². The normalized spacial score (nSPS) is 31.7. The lowest BCUT2D eigenvalue weighted by Gasteiger charge is -2.41. The third-order valence-electron chi connectivity index (χ3n) is 4.02. The van der Waals surface area contributed by atoms with Crippen LogP contribution in [0.4, 0.5) is 0 Å². The van der Waals surface area contributed by atoms with Gasteiger partial charge in [0.25, 0.3) is 0 Å².